The van der Waals surface area contributed by atoms with Crippen molar-refractivity contribution in [1.82, 2.24) is 0 Å². The molecular formula is C19H20O3. The lowest BCUT2D eigenvalue weighted by Crippen LogP contribution is -1.99. The SMILES string of the molecule is O=C(C=Cc1ccccc1)c1ccc(OCCCCO)cc1. The van der Waals surface area contributed by atoms with E-state index in [0.717, 1.165) is 24.2 Å². The van der Waals surface area contributed by atoms with Gasteiger partial charge in [-0.25, -0.2) is 0 Å². The average Bonchev–Trinajstić information content (AvgIpc) is 2.58. The molecule has 114 valence electrons. The lowest BCUT2D eigenvalue weighted by molar-refractivity contribution is 0.104. The number of carbonyl (C=O) groups is 1. The number of ether oxygens (including phenoxy) is 1. The van der Waals surface area contributed by atoms with Crippen molar-refractivity contribution in [2.75, 3.05) is 13.2 Å². The Kier molecular flexibility index (Phi) is 6.39. The number of hydrogen-bond donors (Lipinski definition) is 1. The van der Waals surface area contributed by atoms with Gasteiger partial charge in [-0.15, -0.1) is 0 Å². The Labute approximate surface area is 130 Å². The molecular weight excluding hydrogens is 276 g/mol. The number of hydrogen-bond acceptors (Lipinski definition) is 3. The van der Waals surface area contributed by atoms with Crippen LogP contribution in [-0.4, -0.2) is 24.1 Å². The zero-order valence-electron chi connectivity index (χ0n) is 12.4. The Balaban J connectivity index is 1.89. The predicted octanol–water partition coefficient (Wildman–Crippen LogP) is 3.73. The summed E-state index contributed by atoms with van der Waals surface area (Å²) in [6.07, 6.45) is 4.94. The minimum atomic E-state index is -0.0318. The molecule has 2 rings (SSSR count). The van der Waals surface area contributed by atoms with Gasteiger partial charge in [0, 0.05) is 12.2 Å². The Morgan fingerprint density at radius 2 is 1.73 bits per heavy atom. The zero-order chi connectivity index (χ0) is 15.6. The molecule has 0 bridgehead atoms. The van der Waals surface area contributed by atoms with E-state index in [1.165, 1.54) is 0 Å². The lowest BCUT2D eigenvalue weighted by Gasteiger charge is -2.05. The quantitative estimate of drug-likeness (QED) is 0.458. The summed E-state index contributed by atoms with van der Waals surface area (Å²) in [7, 11) is 0. The summed E-state index contributed by atoms with van der Waals surface area (Å²) in [6, 6.07) is 16.8. The topological polar surface area (TPSA) is 46.5 Å². The molecule has 3 nitrogen and oxygen atoms in total. The number of allylic oxidation sites excluding steroid dienone is 1. The molecule has 0 saturated heterocycles. The first-order valence-electron chi connectivity index (χ1n) is 7.41. The van der Waals surface area contributed by atoms with Gasteiger partial charge < -0.3 is 9.84 Å². The lowest BCUT2D eigenvalue weighted by atomic mass is 10.1. The van der Waals surface area contributed by atoms with Gasteiger partial charge in [0.1, 0.15) is 5.75 Å². The standard InChI is InChI=1S/C19H20O3/c20-14-4-5-15-22-18-11-9-17(10-12-18)19(21)13-8-16-6-2-1-3-7-16/h1-3,6-13,20H,4-5,14-15H2. The second-order valence-electron chi connectivity index (χ2n) is 4.91. The normalized spacial score (nSPS) is 10.8. The predicted molar refractivity (Wildman–Crippen MR) is 88.1 cm³/mol. The molecule has 0 amide bonds. The fourth-order valence-corrected chi connectivity index (χ4v) is 1.95. The zero-order valence-corrected chi connectivity index (χ0v) is 12.4. The molecule has 0 atom stereocenters. The molecule has 3 heteroatoms. The van der Waals surface area contributed by atoms with Crippen molar-refractivity contribution in [3.05, 3.63) is 71.8 Å². The van der Waals surface area contributed by atoms with Crippen molar-refractivity contribution in [3.63, 3.8) is 0 Å². The summed E-state index contributed by atoms with van der Waals surface area (Å²) >= 11 is 0. The molecule has 1 N–H and O–H groups in total. The summed E-state index contributed by atoms with van der Waals surface area (Å²) in [5.41, 5.74) is 1.63. The third-order valence-electron chi connectivity index (χ3n) is 3.19. The second-order valence-corrected chi connectivity index (χ2v) is 4.91. The second kappa shape index (κ2) is 8.80. The number of ketones is 1. The van der Waals surface area contributed by atoms with Crippen LogP contribution in [0.5, 0.6) is 5.75 Å². The van der Waals surface area contributed by atoms with E-state index in [1.54, 1.807) is 30.3 Å². The molecule has 0 heterocycles. The maximum atomic E-state index is 12.1. The summed E-state index contributed by atoms with van der Waals surface area (Å²) in [4.78, 5) is 12.1. The van der Waals surface area contributed by atoms with E-state index in [-0.39, 0.29) is 12.4 Å². The van der Waals surface area contributed by atoms with E-state index < -0.39 is 0 Å². The van der Waals surface area contributed by atoms with Crippen LogP contribution in [0.1, 0.15) is 28.8 Å². The molecule has 2 aromatic carbocycles. The van der Waals surface area contributed by atoms with Crippen LogP contribution in [0.25, 0.3) is 6.08 Å². The Morgan fingerprint density at radius 3 is 2.41 bits per heavy atom. The smallest absolute Gasteiger partial charge is 0.185 e. The summed E-state index contributed by atoms with van der Waals surface area (Å²) in [5, 5.41) is 8.69. The first-order valence-corrected chi connectivity index (χ1v) is 7.41. The molecule has 0 saturated carbocycles. The minimum Gasteiger partial charge on any atom is -0.494 e. The average molecular weight is 296 g/mol. The van der Waals surface area contributed by atoms with Gasteiger partial charge >= 0.3 is 0 Å². The third-order valence-corrected chi connectivity index (χ3v) is 3.19. The maximum absolute atomic E-state index is 12.1. The van der Waals surface area contributed by atoms with Crippen molar-refractivity contribution in [2.24, 2.45) is 0 Å². The fraction of sp³-hybridized carbons (Fsp3) is 0.211. The van der Waals surface area contributed by atoms with Gasteiger partial charge in [0.15, 0.2) is 5.78 Å². The van der Waals surface area contributed by atoms with Crippen LogP contribution in [0.3, 0.4) is 0 Å². The molecule has 2 aromatic rings. The highest BCUT2D eigenvalue weighted by molar-refractivity contribution is 6.06. The van der Waals surface area contributed by atoms with Gasteiger partial charge in [0.25, 0.3) is 0 Å². The van der Waals surface area contributed by atoms with Crippen LogP contribution < -0.4 is 4.74 Å². The van der Waals surface area contributed by atoms with Crippen molar-refractivity contribution in [3.8, 4) is 5.75 Å². The largest absolute Gasteiger partial charge is 0.494 e. The highest BCUT2D eigenvalue weighted by atomic mass is 16.5. The van der Waals surface area contributed by atoms with Gasteiger partial charge in [-0.1, -0.05) is 36.4 Å². The molecule has 22 heavy (non-hydrogen) atoms. The molecule has 0 unspecified atom stereocenters. The molecule has 0 radical (unpaired) electrons. The van der Waals surface area contributed by atoms with Gasteiger partial charge in [-0.05, 0) is 48.7 Å². The highest BCUT2D eigenvalue weighted by Gasteiger charge is 2.02. The number of aliphatic hydroxyl groups excluding tert-OH is 1. The monoisotopic (exact) mass is 296 g/mol. The Bertz CT molecular complexity index is 600. The minimum absolute atomic E-state index is 0.0318. The van der Waals surface area contributed by atoms with Crippen LogP contribution in [0.15, 0.2) is 60.7 Å². The van der Waals surface area contributed by atoms with Gasteiger partial charge in [-0.3, -0.25) is 4.79 Å². The van der Waals surface area contributed by atoms with E-state index >= 15 is 0 Å². The van der Waals surface area contributed by atoms with E-state index in [1.807, 2.05) is 36.4 Å². The molecule has 0 spiro atoms. The summed E-state index contributed by atoms with van der Waals surface area (Å²) in [6.45, 7) is 0.756. The van der Waals surface area contributed by atoms with Gasteiger partial charge in [0.2, 0.25) is 0 Å². The van der Waals surface area contributed by atoms with E-state index in [9.17, 15) is 4.79 Å². The third kappa shape index (κ3) is 5.19. The molecule has 0 fully saturated rings. The van der Waals surface area contributed by atoms with Crippen LogP contribution in [0.4, 0.5) is 0 Å². The highest BCUT2D eigenvalue weighted by Crippen LogP contribution is 2.14. The molecule has 0 aliphatic rings. The van der Waals surface area contributed by atoms with E-state index in [4.69, 9.17) is 9.84 Å². The summed E-state index contributed by atoms with van der Waals surface area (Å²) in [5.74, 6) is 0.706. The number of aliphatic hydroxyl groups is 1. The first-order chi connectivity index (χ1) is 10.8. The van der Waals surface area contributed by atoms with Crippen molar-refractivity contribution >= 4 is 11.9 Å². The van der Waals surface area contributed by atoms with Crippen LogP contribution in [-0.2, 0) is 0 Å². The van der Waals surface area contributed by atoms with E-state index in [2.05, 4.69) is 0 Å². The number of carbonyl (C=O) groups excluding carboxylic acids is 1. The number of unbranched alkanes of at least 4 members (excludes halogenated alkanes) is 1. The van der Waals surface area contributed by atoms with Crippen LogP contribution in [0.2, 0.25) is 0 Å². The maximum Gasteiger partial charge on any atom is 0.185 e. The van der Waals surface area contributed by atoms with Crippen molar-refractivity contribution in [1.29, 1.82) is 0 Å². The Morgan fingerprint density at radius 1 is 1.00 bits per heavy atom. The van der Waals surface area contributed by atoms with Gasteiger partial charge in [0.05, 0.1) is 6.61 Å². The van der Waals surface area contributed by atoms with E-state index in [0.29, 0.717) is 12.2 Å². The van der Waals surface area contributed by atoms with Crippen LogP contribution >= 0.6 is 0 Å². The first kappa shape index (κ1) is 16.0. The molecule has 0 aliphatic heterocycles. The number of rotatable bonds is 8. The van der Waals surface area contributed by atoms with Crippen molar-refractivity contribution < 1.29 is 14.6 Å². The van der Waals surface area contributed by atoms with Gasteiger partial charge in [-0.2, -0.15) is 0 Å². The Hall–Kier alpha value is -2.39. The number of benzene rings is 2. The van der Waals surface area contributed by atoms with Crippen LogP contribution in [0, 0.1) is 0 Å². The summed E-state index contributed by atoms with van der Waals surface area (Å²) < 4.78 is 5.53. The van der Waals surface area contributed by atoms with Crippen molar-refractivity contribution in [2.45, 2.75) is 12.8 Å². The fourth-order valence-electron chi connectivity index (χ4n) is 1.95. The molecule has 0 aliphatic carbocycles. The molecule has 0 aromatic heterocycles.